The van der Waals surface area contributed by atoms with E-state index < -0.39 is 17.8 Å². The molecule has 4 aromatic rings. The van der Waals surface area contributed by atoms with Gasteiger partial charge in [-0.3, -0.25) is 14.7 Å². The second-order valence-electron chi connectivity index (χ2n) is 10.4. The van der Waals surface area contributed by atoms with Gasteiger partial charge in [0.1, 0.15) is 11.5 Å². The Hall–Kier alpha value is -4.48. The number of fused-ring (bicyclic) bond motifs is 1. The molecule has 2 aliphatic heterocycles. The van der Waals surface area contributed by atoms with Gasteiger partial charge in [-0.25, -0.2) is 9.50 Å². The third-order valence-corrected chi connectivity index (χ3v) is 7.56. The van der Waals surface area contributed by atoms with Crippen LogP contribution < -0.4 is 10.2 Å². The molecular weight excluding hydrogens is 551 g/mol. The van der Waals surface area contributed by atoms with Crippen molar-refractivity contribution in [2.75, 3.05) is 56.5 Å². The van der Waals surface area contributed by atoms with Crippen LogP contribution in [0.3, 0.4) is 0 Å². The fraction of sp³-hybridized carbons (Fsp3) is 0.393. The smallest absolute Gasteiger partial charge is 0.355 e. The molecule has 0 atom stereocenters. The summed E-state index contributed by atoms with van der Waals surface area (Å²) in [5, 5.41) is 10.3. The molecule has 4 aromatic heterocycles. The van der Waals surface area contributed by atoms with Crippen molar-refractivity contribution in [1.29, 1.82) is 0 Å². The molecule has 0 aromatic carbocycles. The molecule has 1 N–H and O–H groups in total. The Morgan fingerprint density at radius 1 is 1.02 bits per heavy atom. The first-order chi connectivity index (χ1) is 20.2. The monoisotopic (exact) mass is 579 g/mol. The molecule has 2 fully saturated rings. The lowest BCUT2D eigenvalue weighted by atomic mass is 10.0. The number of piperazine rings is 1. The maximum Gasteiger partial charge on any atom is 0.452 e. The minimum absolute atomic E-state index is 0.0943. The van der Waals surface area contributed by atoms with Crippen molar-refractivity contribution in [3.05, 3.63) is 65.4 Å². The largest absolute Gasteiger partial charge is 0.452 e. The number of nitrogens with one attached hydrogen (secondary N) is 1. The van der Waals surface area contributed by atoms with Crippen LogP contribution in [0.4, 0.5) is 24.8 Å². The average Bonchev–Trinajstić information content (AvgIpc) is 3.64. The summed E-state index contributed by atoms with van der Waals surface area (Å²) in [5.74, 6) is 4.50. The maximum absolute atomic E-state index is 12.7. The van der Waals surface area contributed by atoms with E-state index in [1.54, 1.807) is 10.7 Å². The summed E-state index contributed by atoms with van der Waals surface area (Å²) in [7, 11) is 2.17. The van der Waals surface area contributed by atoms with Crippen LogP contribution in [0.2, 0.25) is 0 Å². The number of piperidine rings is 1. The number of anilines is 2. The molecule has 1 amide bonds. The summed E-state index contributed by atoms with van der Waals surface area (Å²) in [6, 6.07) is 6.59. The van der Waals surface area contributed by atoms with Crippen LogP contribution in [0.25, 0.3) is 5.65 Å². The summed E-state index contributed by atoms with van der Waals surface area (Å²) in [4.78, 5) is 28.3. The van der Waals surface area contributed by atoms with Gasteiger partial charge in [-0.2, -0.15) is 13.2 Å². The number of hydrogen-bond donors (Lipinski definition) is 1. The number of hydrogen-bond acceptors (Lipinski definition) is 9. The molecule has 0 saturated carbocycles. The molecule has 11 nitrogen and oxygen atoms in total. The minimum atomic E-state index is -4.71. The third kappa shape index (κ3) is 6.07. The van der Waals surface area contributed by atoms with Gasteiger partial charge in [0, 0.05) is 69.3 Å². The van der Waals surface area contributed by atoms with E-state index in [2.05, 4.69) is 58.6 Å². The zero-order valence-electron chi connectivity index (χ0n) is 22.8. The van der Waals surface area contributed by atoms with Gasteiger partial charge in [-0.15, -0.1) is 5.10 Å². The van der Waals surface area contributed by atoms with E-state index in [9.17, 15) is 18.0 Å². The molecule has 6 rings (SSSR count). The van der Waals surface area contributed by atoms with Crippen molar-refractivity contribution in [2.24, 2.45) is 0 Å². The summed E-state index contributed by atoms with van der Waals surface area (Å²) in [6.07, 6.45) is 1.87. The normalized spacial score (nSPS) is 17.3. The molecule has 0 spiro atoms. The quantitative estimate of drug-likeness (QED) is 0.365. The Balaban J connectivity index is 1.13. The van der Waals surface area contributed by atoms with Crippen LogP contribution in [0.5, 0.6) is 0 Å². The second kappa shape index (κ2) is 11.4. The molecule has 14 heteroatoms. The lowest BCUT2D eigenvalue weighted by molar-refractivity contribution is -0.155. The maximum atomic E-state index is 12.7. The van der Waals surface area contributed by atoms with Crippen molar-refractivity contribution in [3.8, 4) is 11.8 Å². The van der Waals surface area contributed by atoms with Crippen molar-refractivity contribution in [2.45, 2.75) is 25.1 Å². The number of alkyl halides is 3. The summed E-state index contributed by atoms with van der Waals surface area (Å²) >= 11 is 0. The number of carbonyl (C=O) groups excluding carboxylic acids is 1. The highest BCUT2D eigenvalue weighted by Gasteiger charge is 2.36. The minimum Gasteiger partial charge on any atom is -0.355 e. The fourth-order valence-corrected chi connectivity index (χ4v) is 5.19. The molecule has 42 heavy (non-hydrogen) atoms. The fourth-order valence-electron chi connectivity index (χ4n) is 5.19. The highest BCUT2D eigenvalue weighted by Crippen LogP contribution is 2.30. The lowest BCUT2D eigenvalue weighted by Gasteiger charge is -2.42. The van der Waals surface area contributed by atoms with Crippen LogP contribution >= 0.6 is 0 Å². The van der Waals surface area contributed by atoms with Crippen molar-refractivity contribution >= 4 is 23.2 Å². The Labute approximate surface area is 239 Å². The molecule has 218 valence electrons. The van der Waals surface area contributed by atoms with Gasteiger partial charge in [0.05, 0.1) is 11.8 Å². The number of rotatable bonds is 4. The summed E-state index contributed by atoms with van der Waals surface area (Å²) in [5.41, 5.74) is 1.75. The van der Waals surface area contributed by atoms with Gasteiger partial charge in [-0.1, -0.05) is 11.1 Å². The SMILES string of the molecule is CN1CCN(C2CCN(c3ccc4ncc(C#Cc5cncc(C(=O)Nc6cc(C(F)(F)F)on6)c5)n4n3)CC2)CC1. The Kier molecular flexibility index (Phi) is 7.53. The van der Waals surface area contributed by atoms with Crippen LogP contribution in [0.15, 0.2) is 47.4 Å². The predicted octanol–water partition coefficient (Wildman–Crippen LogP) is 3.00. The van der Waals surface area contributed by atoms with E-state index >= 15 is 0 Å². The zero-order chi connectivity index (χ0) is 29.3. The molecule has 0 unspecified atom stereocenters. The average molecular weight is 580 g/mol. The number of nitrogens with zero attached hydrogens (tertiary/aromatic N) is 8. The van der Waals surface area contributed by atoms with Gasteiger partial charge in [0.15, 0.2) is 11.5 Å². The second-order valence-corrected chi connectivity index (χ2v) is 10.4. The molecule has 0 radical (unpaired) electrons. The number of carbonyl (C=O) groups is 1. The van der Waals surface area contributed by atoms with Crippen LogP contribution in [-0.4, -0.2) is 92.8 Å². The van der Waals surface area contributed by atoms with E-state index in [4.69, 9.17) is 5.10 Å². The third-order valence-electron chi connectivity index (χ3n) is 7.56. The van der Waals surface area contributed by atoms with Gasteiger partial charge in [-0.05, 0) is 44.0 Å². The van der Waals surface area contributed by atoms with Crippen molar-refractivity contribution in [3.63, 3.8) is 0 Å². The zero-order valence-corrected chi connectivity index (χ0v) is 22.8. The number of aromatic nitrogens is 5. The number of likely N-dealkylation sites (N-methyl/N-ethyl adjacent to an activating group) is 1. The van der Waals surface area contributed by atoms with Gasteiger partial charge >= 0.3 is 6.18 Å². The van der Waals surface area contributed by atoms with Crippen LogP contribution in [-0.2, 0) is 6.18 Å². The van der Waals surface area contributed by atoms with Crippen molar-refractivity contribution in [1.82, 2.24) is 34.5 Å². The standard InChI is InChI=1S/C28H28F3N9O2/c1-37-10-12-38(13-11-37)21-6-8-39(9-7-21)26-5-4-25-33-18-22(40(25)35-26)3-2-19-14-20(17-32-16-19)27(41)34-24-15-23(42-36-24)28(29,30)31/h4-5,14-18,21H,6-13H2,1H3,(H,34,36,41). The highest BCUT2D eigenvalue weighted by molar-refractivity contribution is 6.03. The predicted molar refractivity (Wildman–Crippen MR) is 147 cm³/mol. The Morgan fingerprint density at radius 2 is 1.81 bits per heavy atom. The Bertz CT molecular complexity index is 1640. The first-order valence-electron chi connectivity index (χ1n) is 13.6. The molecule has 0 aliphatic carbocycles. The van der Waals surface area contributed by atoms with Crippen molar-refractivity contribution < 1.29 is 22.5 Å². The number of pyridine rings is 1. The molecule has 6 heterocycles. The van der Waals surface area contributed by atoms with Crippen LogP contribution in [0, 0.1) is 11.8 Å². The van der Waals surface area contributed by atoms with E-state index in [-0.39, 0.29) is 11.4 Å². The lowest BCUT2D eigenvalue weighted by Crippen LogP contribution is -2.52. The Morgan fingerprint density at radius 3 is 2.55 bits per heavy atom. The van der Waals surface area contributed by atoms with E-state index in [0.29, 0.717) is 29.0 Å². The number of amides is 1. The van der Waals surface area contributed by atoms with Gasteiger partial charge in [0.25, 0.3) is 5.91 Å². The highest BCUT2D eigenvalue weighted by atomic mass is 19.4. The van der Waals surface area contributed by atoms with Gasteiger partial charge < -0.3 is 19.6 Å². The number of imidazole rings is 1. The molecular formula is C28H28F3N9O2. The molecule has 2 saturated heterocycles. The van der Waals surface area contributed by atoms with Crippen LogP contribution in [0.1, 0.15) is 40.2 Å². The van der Waals surface area contributed by atoms with Gasteiger partial charge in [0.2, 0.25) is 5.76 Å². The summed E-state index contributed by atoms with van der Waals surface area (Å²) < 4.78 is 44.1. The summed E-state index contributed by atoms with van der Waals surface area (Å²) in [6.45, 7) is 6.33. The molecule has 0 bridgehead atoms. The topological polar surface area (TPSA) is 108 Å². The van der Waals surface area contributed by atoms with E-state index in [1.807, 2.05) is 12.1 Å². The van der Waals surface area contributed by atoms with E-state index in [0.717, 1.165) is 57.9 Å². The molecule has 2 aliphatic rings. The number of halogens is 3. The first-order valence-corrected chi connectivity index (χ1v) is 13.6. The van der Waals surface area contributed by atoms with E-state index in [1.165, 1.54) is 18.5 Å². The first kappa shape index (κ1) is 27.7.